The van der Waals surface area contributed by atoms with Gasteiger partial charge in [-0.3, -0.25) is 0 Å². The van der Waals surface area contributed by atoms with Crippen molar-refractivity contribution in [3.8, 4) is 0 Å². The molecule has 68 valence electrons. The molecule has 0 saturated carbocycles. The largest absolute Gasteiger partial charge is 0.449 e. The van der Waals surface area contributed by atoms with E-state index in [1.165, 1.54) is 0 Å². The van der Waals surface area contributed by atoms with Crippen LogP contribution in [0.3, 0.4) is 0 Å². The smallest absolute Gasteiger partial charge is 0.194 e. The Morgan fingerprint density at radius 1 is 1.50 bits per heavy atom. The molecule has 1 heterocycles. The van der Waals surface area contributed by atoms with Crippen LogP contribution in [0.4, 0.5) is 0 Å². The highest BCUT2D eigenvalue weighted by molar-refractivity contribution is 4.95. The number of aromatic nitrogens is 1. The Hall–Kier alpha value is -0.790. The first-order valence-corrected chi connectivity index (χ1v) is 4.65. The lowest BCUT2D eigenvalue weighted by Gasteiger charge is -1.99. The molecule has 0 amide bonds. The number of hydrogen-bond acceptors (Lipinski definition) is 2. The van der Waals surface area contributed by atoms with Gasteiger partial charge in [-0.1, -0.05) is 20.8 Å². The molecule has 1 aromatic heterocycles. The van der Waals surface area contributed by atoms with E-state index in [1.54, 1.807) is 6.26 Å². The van der Waals surface area contributed by atoms with Gasteiger partial charge in [-0.05, 0) is 18.8 Å². The molecule has 0 radical (unpaired) electrons. The van der Waals surface area contributed by atoms with Gasteiger partial charge >= 0.3 is 0 Å². The predicted octanol–water partition coefficient (Wildman–Crippen LogP) is 2.83. The second-order valence-corrected chi connectivity index (χ2v) is 3.52. The first-order chi connectivity index (χ1) is 5.72. The van der Waals surface area contributed by atoms with E-state index in [0.717, 1.165) is 36.8 Å². The third kappa shape index (κ3) is 2.68. The minimum absolute atomic E-state index is 0.724. The van der Waals surface area contributed by atoms with Crippen molar-refractivity contribution in [1.29, 1.82) is 0 Å². The fourth-order valence-electron chi connectivity index (χ4n) is 1.04. The summed E-state index contributed by atoms with van der Waals surface area (Å²) >= 11 is 0. The van der Waals surface area contributed by atoms with Crippen LogP contribution >= 0.6 is 0 Å². The van der Waals surface area contributed by atoms with Gasteiger partial charge in [0.25, 0.3) is 0 Å². The Balaban J connectivity index is 2.41. The molecule has 0 aromatic carbocycles. The molecule has 1 rings (SSSR count). The van der Waals surface area contributed by atoms with Gasteiger partial charge in [0.05, 0.1) is 5.69 Å². The number of nitrogens with zero attached hydrogens (tertiary/aromatic N) is 1. The molecule has 0 atom stereocenters. The van der Waals surface area contributed by atoms with Gasteiger partial charge in [0.15, 0.2) is 5.89 Å². The zero-order valence-electron chi connectivity index (χ0n) is 8.13. The molecule has 0 unspecified atom stereocenters. The zero-order chi connectivity index (χ0) is 8.97. The summed E-state index contributed by atoms with van der Waals surface area (Å²) in [5.41, 5.74) is 1.06. The number of rotatable bonds is 4. The van der Waals surface area contributed by atoms with Gasteiger partial charge in [0.2, 0.25) is 0 Å². The maximum absolute atomic E-state index is 5.29. The number of hydrogen-bond donors (Lipinski definition) is 0. The molecule has 0 saturated heterocycles. The lowest BCUT2D eigenvalue weighted by atomic mass is 10.1. The molecule has 0 N–H and O–H groups in total. The third-order valence-corrected chi connectivity index (χ3v) is 1.90. The van der Waals surface area contributed by atoms with E-state index in [4.69, 9.17) is 4.42 Å². The van der Waals surface area contributed by atoms with E-state index in [2.05, 4.69) is 25.8 Å². The minimum Gasteiger partial charge on any atom is -0.449 e. The molecule has 0 aliphatic heterocycles. The van der Waals surface area contributed by atoms with Crippen LogP contribution in [0, 0.1) is 5.92 Å². The van der Waals surface area contributed by atoms with Crippen molar-refractivity contribution < 1.29 is 4.42 Å². The van der Waals surface area contributed by atoms with Gasteiger partial charge in [-0.2, -0.15) is 0 Å². The maximum atomic E-state index is 5.29. The molecule has 0 aliphatic rings. The summed E-state index contributed by atoms with van der Waals surface area (Å²) < 4.78 is 5.29. The highest BCUT2D eigenvalue weighted by atomic mass is 16.3. The van der Waals surface area contributed by atoms with Crippen molar-refractivity contribution in [3.05, 3.63) is 17.8 Å². The second kappa shape index (κ2) is 4.29. The Kier molecular flexibility index (Phi) is 3.32. The summed E-state index contributed by atoms with van der Waals surface area (Å²) in [6.07, 6.45) is 4.85. The van der Waals surface area contributed by atoms with Crippen LogP contribution in [-0.2, 0) is 12.8 Å². The average molecular weight is 167 g/mol. The first kappa shape index (κ1) is 9.30. The monoisotopic (exact) mass is 167 g/mol. The Labute approximate surface area is 74.0 Å². The van der Waals surface area contributed by atoms with Crippen molar-refractivity contribution in [2.75, 3.05) is 0 Å². The fourth-order valence-corrected chi connectivity index (χ4v) is 1.04. The first-order valence-electron chi connectivity index (χ1n) is 4.65. The summed E-state index contributed by atoms with van der Waals surface area (Å²) in [4.78, 5) is 4.33. The molecule has 2 heteroatoms. The lowest BCUT2D eigenvalue weighted by molar-refractivity contribution is 0.462. The highest BCUT2D eigenvalue weighted by Crippen LogP contribution is 2.09. The van der Waals surface area contributed by atoms with Crippen molar-refractivity contribution in [1.82, 2.24) is 4.98 Å². The van der Waals surface area contributed by atoms with E-state index >= 15 is 0 Å². The van der Waals surface area contributed by atoms with Crippen molar-refractivity contribution in [2.24, 2.45) is 5.92 Å². The highest BCUT2D eigenvalue weighted by Gasteiger charge is 2.02. The fraction of sp³-hybridized carbons (Fsp3) is 0.700. The van der Waals surface area contributed by atoms with Crippen LogP contribution in [-0.4, -0.2) is 4.98 Å². The predicted molar refractivity (Wildman–Crippen MR) is 49.0 cm³/mol. The van der Waals surface area contributed by atoms with E-state index in [0.29, 0.717) is 0 Å². The van der Waals surface area contributed by atoms with Crippen LogP contribution in [0.2, 0.25) is 0 Å². The molecule has 0 spiro atoms. The minimum atomic E-state index is 0.724. The van der Waals surface area contributed by atoms with Gasteiger partial charge in [-0.15, -0.1) is 0 Å². The average Bonchev–Trinajstić information content (AvgIpc) is 2.48. The van der Waals surface area contributed by atoms with Gasteiger partial charge in [-0.25, -0.2) is 4.98 Å². The van der Waals surface area contributed by atoms with Crippen LogP contribution in [0.1, 0.15) is 38.8 Å². The van der Waals surface area contributed by atoms with E-state index in [9.17, 15) is 0 Å². The van der Waals surface area contributed by atoms with Crippen LogP contribution in [0.15, 0.2) is 10.7 Å². The molecule has 1 aromatic rings. The number of oxazole rings is 1. The summed E-state index contributed by atoms with van der Waals surface area (Å²) in [5.74, 6) is 1.61. The third-order valence-electron chi connectivity index (χ3n) is 1.90. The standard InChI is InChI=1S/C10H17NO/c1-4-9-7-12-10(11-9)6-5-8(2)3/h7-8H,4-6H2,1-3H3. The van der Waals surface area contributed by atoms with Crippen LogP contribution < -0.4 is 0 Å². The topological polar surface area (TPSA) is 26.0 Å². The van der Waals surface area contributed by atoms with Crippen molar-refractivity contribution in [3.63, 3.8) is 0 Å². The molecule has 0 fully saturated rings. The van der Waals surface area contributed by atoms with E-state index in [1.807, 2.05) is 0 Å². The molecule has 0 aliphatic carbocycles. The summed E-state index contributed by atoms with van der Waals surface area (Å²) in [5, 5.41) is 0. The van der Waals surface area contributed by atoms with Gasteiger partial charge in [0.1, 0.15) is 6.26 Å². The maximum Gasteiger partial charge on any atom is 0.194 e. The van der Waals surface area contributed by atoms with Gasteiger partial charge in [0, 0.05) is 6.42 Å². The second-order valence-electron chi connectivity index (χ2n) is 3.52. The van der Waals surface area contributed by atoms with Crippen molar-refractivity contribution >= 4 is 0 Å². The van der Waals surface area contributed by atoms with Gasteiger partial charge < -0.3 is 4.42 Å². The SMILES string of the molecule is CCc1coc(CCC(C)C)n1. The zero-order valence-corrected chi connectivity index (χ0v) is 8.13. The molecular formula is C10H17NO. The molecule has 2 nitrogen and oxygen atoms in total. The quantitative estimate of drug-likeness (QED) is 0.689. The summed E-state index contributed by atoms with van der Waals surface area (Å²) in [6.45, 7) is 6.51. The number of aryl methyl sites for hydroxylation is 2. The van der Waals surface area contributed by atoms with E-state index in [-0.39, 0.29) is 0 Å². The van der Waals surface area contributed by atoms with E-state index < -0.39 is 0 Å². The van der Waals surface area contributed by atoms with Crippen molar-refractivity contribution in [2.45, 2.75) is 40.0 Å². The summed E-state index contributed by atoms with van der Waals surface area (Å²) in [6, 6.07) is 0. The molecule has 12 heavy (non-hydrogen) atoms. The Morgan fingerprint density at radius 2 is 2.25 bits per heavy atom. The van der Waals surface area contributed by atoms with Crippen LogP contribution in [0.25, 0.3) is 0 Å². The molecule has 0 bridgehead atoms. The lowest BCUT2D eigenvalue weighted by Crippen LogP contribution is -1.92. The van der Waals surface area contributed by atoms with Crippen LogP contribution in [0.5, 0.6) is 0 Å². The summed E-state index contributed by atoms with van der Waals surface area (Å²) in [7, 11) is 0. The normalized spacial score (nSPS) is 11.0. The Morgan fingerprint density at radius 3 is 2.75 bits per heavy atom. The Bertz CT molecular complexity index is 227. The molecular weight excluding hydrogens is 150 g/mol.